The lowest BCUT2D eigenvalue weighted by atomic mass is 9.98. The number of halogens is 3. The van der Waals surface area contributed by atoms with Crippen molar-refractivity contribution in [3.63, 3.8) is 0 Å². The maximum absolute atomic E-state index is 10.5. The maximum atomic E-state index is 10.5. The zero-order valence-electron chi connectivity index (χ0n) is 16.0. The van der Waals surface area contributed by atoms with Crippen molar-refractivity contribution in [2.45, 2.75) is 12.2 Å². The number of methoxy groups -OCH3 is 1. The molecular formula is C23H19Cl3N2O2. The molecule has 4 rings (SSSR count). The van der Waals surface area contributed by atoms with Crippen molar-refractivity contribution in [1.29, 1.82) is 0 Å². The number of hydrogen-bond acceptors (Lipinski definition) is 4. The van der Waals surface area contributed by atoms with E-state index in [-0.39, 0.29) is 18.0 Å². The Kier molecular flexibility index (Phi) is 6.11. The van der Waals surface area contributed by atoms with Gasteiger partial charge in [-0.15, -0.1) is 0 Å². The monoisotopic (exact) mass is 460 g/mol. The topological polar surface area (TPSA) is 53.5 Å². The van der Waals surface area contributed by atoms with Gasteiger partial charge in [0.25, 0.3) is 0 Å². The van der Waals surface area contributed by atoms with E-state index in [0.717, 1.165) is 22.6 Å². The number of phenols is 1. The third-order valence-corrected chi connectivity index (χ3v) is 5.78. The van der Waals surface area contributed by atoms with Gasteiger partial charge in [0.15, 0.2) is 0 Å². The van der Waals surface area contributed by atoms with Gasteiger partial charge in [0.1, 0.15) is 17.7 Å². The smallest absolute Gasteiger partial charge is 0.120 e. The van der Waals surface area contributed by atoms with Crippen LogP contribution in [0, 0.1) is 0 Å². The fraction of sp³-hybridized carbons (Fsp3) is 0.130. The Balaban J connectivity index is 1.78. The average molecular weight is 462 g/mol. The van der Waals surface area contributed by atoms with E-state index < -0.39 is 0 Å². The van der Waals surface area contributed by atoms with E-state index in [0.29, 0.717) is 20.6 Å². The van der Waals surface area contributed by atoms with E-state index in [4.69, 9.17) is 39.5 Å². The molecule has 0 bridgehead atoms. The van der Waals surface area contributed by atoms with Gasteiger partial charge in [-0.3, -0.25) is 5.32 Å². The first-order valence-corrected chi connectivity index (χ1v) is 10.4. The molecule has 1 aliphatic rings. The van der Waals surface area contributed by atoms with Crippen LogP contribution in [0.15, 0.2) is 66.7 Å². The molecule has 0 aromatic heterocycles. The van der Waals surface area contributed by atoms with E-state index in [2.05, 4.69) is 10.6 Å². The van der Waals surface area contributed by atoms with E-state index in [1.165, 1.54) is 0 Å². The molecule has 154 valence electrons. The molecule has 0 fully saturated rings. The minimum Gasteiger partial charge on any atom is -0.508 e. The van der Waals surface area contributed by atoms with Crippen LogP contribution in [0.4, 0.5) is 0 Å². The molecule has 3 aromatic carbocycles. The van der Waals surface area contributed by atoms with Crippen LogP contribution >= 0.6 is 34.8 Å². The molecule has 0 spiro atoms. The summed E-state index contributed by atoms with van der Waals surface area (Å²) in [6, 6.07) is 17.8. The molecule has 7 heteroatoms. The molecule has 3 aromatic rings. The molecule has 3 N–H and O–H groups in total. The molecule has 30 heavy (non-hydrogen) atoms. The number of benzene rings is 3. The van der Waals surface area contributed by atoms with Gasteiger partial charge < -0.3 is 15.2 Å². The largest absolute Gasteiger partial charge is 0.508 e. The van der Waals surface area contributed by atoms with Crippen LogP contribution < -0.4 is 15.4 Å². The number of rotatable bonds is 4. The number of nitrogens with one attached hydrogen (secondary N) is 2. The first-order chi connectivity index (χ1) is 14.4. The van der Waals surface area contributed by atoms with Gasteiger partial charge in [0, 0.05) is 31.9 Å². The van der Waals surface area contributed by atoms with Crippen molar-refractivity contribution in [3.05, 3.63) is 98.5 Å². The average Bonchev–Trinajstić information content (AvgIpc) is 2.75. The highest BCUT2D eigenvalue weighted by atomic mass is 35.5. The predicted molar refractivity (Wildman–Crippen MR) is 122 cm³/mol. The normalized spacial score (nSPS) is 18.5. The van der Waals surface area contributed by atoms with Gasteiger partial charge in [0.05, 0.1) is 13.2 Å². The van der Waals surface area contributed by atoms with Crippen LogP contribution in [0.3, 0.4) is 0 Å². The molecular weight excluding hydrogens is 443 g/mol. The molecule has 0 radical (unpaired) electrons. The molecule has 0 aliphatic carbocycles. The van der Waals surface area contributed by atoms with E-state index in [1.54, 1.807) is 37.4 Å². The molecule has 1 heterocycles. The lowest BCUT2D eigenvalue weighted by Crippen LogP contribution is -2.39. The Morgan fingerprint density at radius 1 is 0.867 bits per heavy atom. The summed E-state index contributed by atoms with van der Waals surface area (Å²) >= 11 is 18.7. The highest BCUT2D eigenvalue weighted by Gasteiger charge is 2.27. The Hall–Kier alpha value is -2.37. The van der Waals surface area contributed by atoms with Gasteiger partial charge in [0.2, 0.25) is 0 Å². The van der Waals surface area contributed by atoms with Crippen molar-refractivity contribution in [2.24, 2.45) is 0 Å². The SMILES string of the molecule is COc1ccc(C2=CC(c3cc(Cl)ccc3O)NC(c3ccc(Cl)cc3Cl)N2)cc1. The summed E-state index contributed by atoms with van der Waals surface area (Å²) < 4.78 is 5.26. The third-order valence-electron chi connectivity index (χ3n) is 4.98. The number of ether oxygens (including phenoxy) is 1. The van der Waals surface area contributed by atoms with Crippen LogP contribution in [-0.4, -0.2) is 12.2 Å². The Morgan fingerprint density at radius 2 is 1.57 bits per heavy atom. The molecule has 1 aliphatic heterocycles. The summed E-state index contributed by atoms with van der Waals surface area (Å²) in [4.78, 5) is 0. The lowest BCUT2D eigenvalue weighted by molar-refractivity contribution is 0.414. The van der Waals surface area contributed by atoms with E-state index >= 15 is 0 Å². The predicted octanol–water partition coefficient (Wildman–Crippen LogP) is 6.33. The fourth-order valence-corrected chi connectivity index (χ4v) is 4.15. The summed E-state index contributed by atoms with van der Waals surface area (Å²) in [6.45, 7) is 0. The molecule has 0 amide bonds. The summed E-state index contributed by atoms with van der Waals surface area (Å²) in [7, 11) is 1.63. The van der Waals surface area contributed by atoms with Crippen LogP contribution in [0.1, 0.15) is 28.9 Å². The molecule has 0 saturated carbocycles. The summed E-state index contributed by atoms with van der Waals surface area (Å²) in [5.74, 6) is 0.930. The molecule has 2 atom stereocenters. The van der Waals surface area contributed by atoms with E-state index in [9.17, 15) is 5.11 Å². The van der Waals surface area contributed by atoms with Crippen LogP contribution in [-0.2, 0) is 0 Å². The minimum atomic E-state index is -0.319. The Labute approximate surface area is 190 Å². The highest BCUT2D eigenvalue weighted by Crippen LogP contribution is 2.36. The fourth-order valence-electron chi connectivity index (χ4n) is 3.45. The third kappa shape index (κ3) is 4.37. The first-order valence-electron chi connectivity index (χ1n) is 9.27. The number of hydrogen-bond donors (Lipinski definition) is 3. The van der Waals surface area contributed by atoms with Gasteiger partial charge in [-0.2, -0.15) is 0 Å². The number of aromatic hydroxyl groups is 1. The van der Waals surface area contributed by atoms with Crippen LogP contribution in [0.25, 0.3) is 5.70 Å². The van der Waals surface area contributed by atoms with Crippen LogP contribution in [0.5, 0.6) is 11.5 Å². The quantitative estimate of drug-likeness (QED) is 0.425. The summed E-state index contributed by atoms with van der Waals surface area (Å²) in [5, 5.41) is 19.1. The van der Waals surface area contributed by atoms with Crippen molar-refractivity contribution < 1.29 is 9.84 Å². The van der Waals surface area contributed by atoms with Crippen molar-refractivity contribution in [1.82, 2.24) is 10.6 Å². The summed E-state index contributed by atoms with van der Waals surface area (Å²) in [6.07, 6.45) is 1.69. The molecule has 2 unspecified atom stereocenters. The van der Waals surface area contributed by atoms with Crippen LogP contribution in [0.2, 0.25) is 15.1 Å². The zero-order valence-corrected chi connectivity index (χ0v) is 18.3. The molecule has 4 nitrogen and oxygen atoms in total. The second-order valence-corrected chi connectivity index (χ2v) is 8.18. The van der Waals surface area contributed by atoms with Crippen molar-refractivity contribution >= 4 is 40.5 Å². The minimum absolute atomic E-state index is 0.157. The lowest BCUT2D eigenvalue weighted by Gasteiger charge is -2.33. The first kappa shape index (κ1) is 20.9. The van der Waals surface area contributed by atoms with Gasteiger partial charge >= 0.3 is 0 Å². The highest BCUT2D eigenvalue weighted by molar-refractivity contribution is 6.35. The van der Waals surface area contributed by atoms with Crippen molar-refractivity contribution in [3.8, 4) is 11.5 Å². The van der Waals surface area contributed by atoms with Crippen molar-refractivity contribution in [2.75, 3.05) is 7.11 Å². The number of phenolic OH excluding ortho intramolecular Hbond substituents is 1. The molecule has 0 saturated heterocycles. The van der Waals surface area contributed by atoms with Gasteiger partial charge in [-0.25, -0.2) is 0 Å². The second-order valence-electron chi connectivity index (χ2n) is 6.90. The standard InChI is InChI=1S/C23H19Cl3N2O2/c1-30-16-6-2-13(3-7-16)20-12-21(18-10-14(24)5-9-22(18)29)28-23(27-20)17-8-4-15(25)11-19(17)26/h2-12,21,23,27-29H,1H3. The zero-order chi connectivity index (χ0) is 21.3. The maximum Gasteiger partial charge on any atom is 0.120 e. The van der Waals surface area contributed by atoms with Gasteiger partial charge in [-0.05, 0) is 66.2 Å². The Morgan fingerprint density at radius 3 is 2.27 bits per heavy atom. The van der Waals surface area contributed by atoms with E-state index in [1.807, 2.05) is 36.4 Å². The second kappa shape index (κ2) is 8.78. The summed E-state index contributed by atoms with van der Waals surface area (Å²) in [5.41, 5.74) is 3.37. The Bertz CT molecular complexity index is 1100. The van der Waals surface area contributed by atoms with Gasteiger partial charge in [-0.1, -0.05) is 40.9 Å².